The van der Waals surface area contributed by atoms with Crippen LogP contribution in [0.25, 0.3) is 21.8 Å². The molecular weight excluding hydrogens is 724 g/mol. The highest BCUT2D eigenvalue weighted by atomic mass is 35.5. The van der Waals surface area contributed by atoms with E-state index in [1.165, 1.54) is 17.0 Å². The number of likely N-dealkylation sites (tertiary alicyclic amines) is 1. The zero-order valence-corrected chi connectivity index (χ0v) is 31.6. The molecule has 1 aliphatic rings. The van der Waals surface area contributed by atoms with Crippen molar-refractivity contribution in [3.63, 3.8) is 0 Å². The number of fused-ring (bicyclic) bond motifs is 2. The molecule has 1 unspecified atom stereocenters. The van der Waals surface area contributed by atoms with Crippen molar-refractivity contribution in [3.8, 4) is 6.01 Å². The van der Waals surface area contributed by atoms with Crippen molar-refractivity contribution >= 4 is 56.8 Å². The van der Waals surface area contributed by atoms with Gasteiger partial charge in [-0.2, -0.15) is 9.97 Å². The third kappa shape index (κ3) is 10.0. The molecule has 1 fully saturated rings. The molecule has 0 aliphatic carbocycles. The van der Waals surface area contributed by atoms with Crippen molar-refractivity contribution in [1.82, 2.24) is 34.6 Å². The second-order valence-electron chi connectivity index (χ2n) is 14.4. The van der Waals surface area contributed by atoms with Gasteiger partial charge in [-0.1, -0.05) is 41.9 Å². The van der Waals surface area contributed by atoms with Gasteiger partial charge in [0.15, 0.2) is 0 Å². The highest BCUT2D eigenvalue weighted by Crippen LogP contribution is 2.28. The molecule has 2 aromatic heterocycles. The Kier molecular flexibility index (Phi) is 12.4. The van der Waals surface area contributed by atoms with E-state index < -0.39 is 11.6 Å². The fraction of sp³-hybridized carbons (Fsp3) is 0.375. The summed E-state index contributed by atoms with van der Waals surface area (Å²) in [6.07, 6.45) is 3.94. The third-order valence-corrected chi connectivity index (χ3v) is 10.2. The SMILES string of the molecule is CN(C)CCC(=O)Nc1ccc2c(=O)n(CC3(O)CCN(C(=O)C(CCCNC(=O)c4ccc5c(Cl)nc(O)nc5c4)Cc4ccccc4)CC3)cnc2c1. The Morgan fingerprint density at radius 2 is 1.73 bits per heavy atom. The number of hydrogen-bond acceptors (Lipinski definition) is 10. The van der Waals surface area contributed by atoms with Crippen molar-refractivity contribution in [2.75, 3.05) is 45.6 Å². The van der Waals surface area contributed by atoms with E-state index >= 15 is 0 Å². The van der Waals surface area contributed by atoms with Crippen molar-refractivity contribution in [2.45, 2.75) is 50.7 Å². The number of carbonyl (C=O) groups is 3. The lowest BCUT2D eigenvalue weighted by atomic mass is 9.88. The molecule has 15 heteroatoms. The molecule has 6 rings (SSSR count). The molecule has 4 N–H and O–H groups in total. The number of amides is 3. The molecule has 55 heavy (non-hydrogen) atoms. The highest BCUT2D eigenvalue weighted by Gasteiger charge is 2.36. The first-order valence-electron chi connectivity index (χ1n) is 18.3. The number of nitrogens with zero attached hydrogens (tertiary/aromatic N) is 6. The van der Waals surface area contributed by atoms with Gasteiger partial charge < -0.3 is 30.6 Å². The standard InChI is InChI=1S/C40H45ClN8O6/c1-47(2)18-14-34(50)44-29-11-13-31-32(23-29)43-25-49(38(31)53)24-40(55)15-19-48(20-16-40)37(52)28(21-26-7-4-3-5-8-26)9-6-17-42-36(51)27-10-12-30-33(22-27)45-39(54)46-35(30)41/h3-5,7-8,10-13,22-23,25,28,55H,6,9,14-21,24H2,1-2H3,(H,42,51)(H,44,50)(H,45,46,54). The van der Waals surface area contributed by atoms with Crippen LogP contribution in [0, 0.1) is 5.92 Å². The van der Waals surface area contributed by atoms with Gasteiger partial charge in [0.2, 0.25) is 11.8 Å². The Labute approximate surface area is 323 Å². The molecule has 5 aromatic rings. The predicted octanol–water partition coefficient (Wildman–Crippen LogP) is 4.01. The van der Waals surface area contributed by atoms with E-state index in [9.17, 15) is 29.4 Å². The number of anilines is 1. The average Bonchev–Trinajstić information content (AvgIpc) is 3.16. The first-order chi connectivity index (χ1) is 26.4. The summed E-state index contributed by atoms with van der Waals surface area (Å²) in [5.41, 5.74) is 1.22. The van der Waals surface area contributed by atoms with Crippen molar-refractivity contribution in [3.05, 3.63) is 99.7 Å². The van der Waals surface area contributed by atoms with Gasteiger partial charge in [-0.15, -0.1) is 0 Å². The van der Waals surface area contributed by atoms with Crippen LogP contribution in [0.2, 0.25) is 5.15 Å². The number of carbonyl (C=O) groups excluding carboxylic acids is 3. The number of aliphatic hydroxyl groups is 1. The zero-order chi connectivity index (χ0) is 39.1. The van der Waals surface area contributed by atoms with E-state index in [0.717, 1.165) is 5.56 Å². The number of hydrogen-bond donors (Lipinski definition) is 4. The van der Waals surface area contributed by atoms with Crippen LogP contribution in [0.1, 0.15) is 48.0 Å². The Balaban J connectivity index is 1.05. The van der Waals surface area contributed by atoms with E-state index in [2.05, 4.69) is 25.6 Å². The van der Waals surface area contributed by atoms with Gasteiger partial charge in [0.1, 0.15) is 5.15 Å². The van der Waals surface area contributed by atoms with Crippen LogP contribution in [-0.2, 0) is 22.6 Å². The fourth-order valence-corrected chi connectivity index (χ4v) is 7.09. The summed E-state index contributed by atoms with van der Waals surface area (Å²) < 4.78 is 1.41. The number of rotatable bonds is 14. The molecule has 3 heterocycles. The Hall–Kier alpha value is -5.44. The molecule has 0 saturated carbocycles. The lowest BCUT2D eigenvalue weighted by Crippen LogP contribution is -2.51. The second-order valence-corrected chi connectivity index (χ2v) is 14.7. The number of benzene rings is 3. The van der Waals surface area contributed by atoms with Gasteiger partial charge in [0.05, 0.1) is 34.9 Å². The second kappa shape index (κ2) is 17.4. The lowest BCUT2D eigenvalue weighted by Gasteiger charge is -2.39. The maximum absolute atomic E-state index is 14.0. The van der Waals surface area contributed by atoms with Gasteiger partial charge in [0, 0.05) is 55.2 Å². The van der Waals surface area contributed by atoms with Crippen LogP contribution in [-0.4, -0.2) is 103 Å². The third-order valence-electron chi connectivity index (χ3n) is 9.96. The normalized spacial score (nSPS) is 14.6. The van der Waals surface area contributed by atoms with Gasteiger partial charge in [0.25, 0.3) is 11.5 Å². The Bertz CT molecular complexity index is 2240. The molecule has 0 radical (unpaired) electrons. The van der Waals surface area contributed by atoms with E-state index in [0.29, 0.717) is 84.9 Å². The summed E-state index contributed by atoms with van der Waals surface area (Å²) in [7, 11) is 3.79. The van der Waals surface area contributed by atoms with Gasteiger partial charge in [-0.3, -0.25) is 23.7 Å². The largest absolute Gasteiger partial charge is 0.479 e. The first-order valence-corrected chi connectivity index (χ1v) is 18.7. The van der Waals surface area contributed by atoms with Crippen molar-refractivity contribution in [1.29, 1.82) is 0 Å². The summed E-state index contributed by atoms with van der Waals surface area (Å²) in [5.74, 6) is -0.810. The molecule has 14 nitrogen and oxygen atoms in total. The van der Waals surface area contributed by atoms with E-state index in [-0.39, 0.29) is 53.7 Å². The summed E-state index contributed by atoms with van der Waals surface area (Å²) in [6.45, 7) is 1.64. The topological polar surface area (TPSA) is 183 Å². The molecule has 3 aromatic carbocycles. The molecule has 288 valence electrons. The first kappa shape index (κ1) is 39.3. The van der Waals surface area contributed by atoms with Crippen LogP contribution in [0.5, 0.6) is 6.01 Å². The van der Waals surface area contributed by atoms with E-state index in [4.69, 9.17) is 11.6 Å². The number of aromatic hydroxyl groups is 1. The molecule has 1 atom stereocenters. The van der Waals surface area contributed by atoms with Crippen LogP contribution >= 0.6 is 11.6 Å². The van der Waals surface area contributed by atoms with Gasteiger partial charge in [-0.25, -0.2) is 4.98 Å². The minimum atomic E-state index is -1.21. The molecule has 0 spiro atoms. The fourth-order valence-electron chi connectivity index (χ4n) is 6.86. The number of aromatic nitrogens is 4. The molecule has 0 bridgehead atoms. The average molecular weight is 769 g/mol. The summed E-state index contributed by atoms with van der Waals surface area (Å²) in [5, 5.41) is 28.0. The minimum Gasteiger partial charge on any atom is -0.479 e. The molecule has 3 amide bonds. The molecule has 1 aliphatic heterocycles. The van der Waals surface area contributed by atoms with Crippen LogP contribution < -0.4 is 16.2 Å². The summed E-state index contributed by atoms with van der Waals surface area (Å²) in [6, 6.07) is 19.1. The predicted molar refractivity (Wildman–Crippen MR) is 210 cm³/mol. The van der Waals surface area contributed by atoms with Crippen LogP contribution in [0.3, 0.4) is 0 Å². The van der Waals surface area contributed by atoms with Crippen LogP contribution in [0.4, 0.5) is 5.69 Å². The molecule has 1 saturated heterocycles. The smallest absolute Gasteiger partial charge is 0.315 e. The van der Waals surface area contributed by atoms with Crippen molar-refractivity contribution in [2.24, 2.45) is 5.92 Å². The number of halogens is 1. The maximum Gasteiger partial charge on any atom is 0.315 e. The minimum absolute atomic E-state index is 0.0164. The maximum atomic E-state index is 14.0. The van der Waals surface area contributed by atoms with Crippen molar-refractivity contribution < 1.29 is 24.6 Å². The summed E-state index contributed by atoms with van der Waals surface area (Å²) in [4.78, 5) is 68.5. The summed E-state index contributed by atoms with van der Waals surface area (Å²) >= 11 is 6.08. The Morgan fingerprint density at radius 1 is 0.982 bits per heavy atom. The van der Waals surface area contributed by atoms with Gasteiger partial charge >= 0.3 is 6.01 Å². The van der Waals surface area contributed by atoms with E-state index in [1.54, 1.807) is 35.2 Å². The number of piperidine rings is 1. The van der Waals surface area contributed by atoms with Crippen LogP contribution in [0.15, 0.2) is 77.9 Å². The highest BCUT2D eigenvalue weighted by molar-refractivity contribution is 6.34. The molecular formula is C40H45ClN8O6. The zero-order valence-electron chi connectivity index (χ0n) is 30.9. The van der Waals surface area contributed by atoms with Gasteiger partial charge in [-0.05, 0) is 88.2 Å². The quantitative estimate of drug-likeness (QED) is 0.0952. The number of nitrogens with one attached hydrogen (secondary N) is 2. The monoisotopic (exact) mass is 768 g/mol. The van der Waals surface area contributed by atoms with E-state index in [1.807, 2.05) is 49.3 Å². The Morgan fingerprint density at radius 3 is 2.47 bits per heavy atom. The lowest BCUT2D eigenvalue weighted by molar-refractivity contribution is -0.140.